The number of rotatable bonds is 6. The van der Waals surface area contributed by atoms with E-state index in [4.69, 9.17) is 9.47 Å². The van der Waals surface area contributed by atoms with Crippen molar-refractivity contribution in [3.8, 4) is 0 Å². The van der Waals surface area contributed by atoms with Gasteiger partial charge < -0.3 is 24.7 Å². The highest BCUT2D eigenvalue weighted by atomic mass is 16.5. The number of carbonyl (C=O) groups is 1. The van der Waals surface area contributed by atoms with Crippen molar-refractivity contribution >= 4 is 6.03 Å². The molecule has 0 radical (unpaired) electrons. The molecule has 8 heteroatoms. The molecule has 1 aromatic heterocycles. The summed E-state index contributed by atoms with van der Waals surface area (Å²) in [6.07, 6.45) is 2.83. The van der Waals surface area contributed by atoms with Crippen LogP contribution in [-0.4, -0.2) is 52.8 Å². The van der Waals surface area contributed by atoms with Gasteiger partial charge in [0.25, 0.3) is 0 Å². The molecule has 1 saturated carbocycles. The van der Waals surface area contributed by atoms with E-state index in [-0.39, 0.29) is 24.3 Å². The van der Waals surface area contributed by atoms with Crippen molar-refractivity contribution in [3.05, 3.63) is 11.6 Å². The van der Waals surface area contributed by atoms with Crippen LogP contribution in [0.3, 0.4) is 0 Å². The number of methoxy groups -OCH3 is 1. The molecule has 1 aromatic rings. The number of carbonyl (C=O) groups excluding carboxylic acids is 1. The van der Waals surface area contributed by atoms with E-state index >= 15 is 0 Å². The number of nitrogens with zero attached hydrogens (tertiary/aromatic N) is 3. The monoisotopic (exact) mass is 309 g/mol. The maximum absolute atomic E-state index is 12.0. The first-order chi connectivity index (χ1) is 10.7. The molecule has 2 heterocycles. The van der Waals surface area contributed by atoms with Gasteiger partial charge in [-0.15, -0.1) is 10.2 Å². The van der Waals surface area contributed by atoms with Crippen LogP contribution in [0, 0.1) is 0 Å². The van der Waals surface area contributed by atoms with E-state index in [1.165, 1.54) is 0 Å². The molecule has 1 fully saturated rings. The topological polar surface area (TPSA) is 90.3 Å². The van der Waals surface area contributed by atoms with Crippen LogP contribution < -0.4 is 10.6 Å². The molecule has 0 spiro atoms. The summed E-state index contributed by atoms with van der Waals surface area (Å²) >= 11 is 0. The zero-order chi connectivity index (χ0) is 15.5. The lowest BCUT2D eigenvalue weighted by molar-refractivity contribution is -0.128. The summed E-state index contributed by atoms with van der Waals surface area (Å²) in [5.41, 5.74) is 0. The summed E-state index contributed by atoms with van der Waals surface area (Å²) in [6.45, 7) is 3.93. The lowest BCUT2D eigenvalue weighted by Crippen LogP contribution is -2.62. The highest BCUT2D eigenvalue weighted by molar-refractivity contribution is 5.74. The molecule has 0 aromatic carbocycles. The molecule has 0 unspecified atom stereocenters. The lowest BCUT2D eigenvalue weighted by Gasteiger charge is -2.43. The molecule has 8 nitrogen and oxygen atoms in total. The number of hydrogen-bond donors (Lipinski definition) is 2. The average molecular weight is 309 g/mol. The Bertz CT molecular complexity index is 533. The fraction of sp³-hybridized carbons (Fsp3) is 0.786. The van der Waals surface area contributed by atoms with Crippen molar-refractivity contribution in [2.75, 3.05) is 13.7 Å². The van der Waals surface area contributed by atoms with Crippen molar-refractivity contribution in [1.29, 1.82) is 0 Å². The Morgan fingerprint density at radius 1 is 1.45 bits per heavy atom. The minimum absolute atomic E-state index is 0.00864. The van der Waals surface area contributed by atoms with Gasteiger partial charge in [0.1, 0.15) is 11.9 Å². The van der Waals surface area contributed by atoms with Gasteiger partial charge in [0.2, 0.25) is 0 Å². The third-order valence-corrected chi connectivity index (χ3v) is 4.31. The van der Waals surface area contributed by atoms with Gasteiger partial charge in [-0.3, -0.25) is 0 Å². The molecule has 122 valence electrons. The number of aromatic nitrogens is 3. The highest BCUT2D eigenvalue weighted by Gasteiger charge is 2.42. The number of fused-ring (bicyclic) bond motifs is 1. The van der Waals surface area contributed by atoms with Gasteiger partial charge in [-0.25, -0.2) is 4.79 Å². The minimum atomic E-state index is -0.211. The molecule has 0 bridgehead atoms. The quantitative estimate of drug-likeness (QED) is 0.784. The predicted octanol–water partition coefficient (Wildman–Crippen LogP) is 0.216. The highest BCUT2D eigenvalue weighted by Crippen LogP contribution is 2.26. The first-order valence-corrected chi connectivity index (χ1v) is 7.82. The van der Waals surface area contributed by atoms with Crippen molar-refractivity contribution in [3.63, 3.8) is 0 Å². The summed E-state index contributed by atoms with van der Waals surface area (Å²) in [7, 11) is 1.64. The predicted molar refractivity (Wildman–Crippen MR) is 78.3 cm³/mol. The SMILES string of the molecule is CCO[C@@H]1C[C@@H](NC(=O)NCc2nnc3n2CCC3)[C@@H]1OC. The van der Waals surface area contributed by atoms with Crippen LogP contribution in [0.5, 0.6) is 0 Å². The standard InChI is InChI=1S/C14H23N5O3/c1-3-22-10-7-9(13(10)21-2)16-14(20)15-8-12-18-17-11-5-4-6-19(11)12/h9-10,13H,3-8H2,1-2H3,(H2,15,16,20)/t9-,10-,13+/m1/s1. The largest absolute Gasteiger partial charge is 0.377 e. The zero-order valence-corrected chi connectivity index (χ0v) is 13.0. The van der Waals surface area contributed by atoms with E-state index in [0.29, 0.717) is 13.2 Å². The van der Waals surface area contributed by atoms with E-state index in [1.807, 2.05) is 6.92 Å². The average Bonchev–Trinajstić information content (AvgIpc) is 3.08. The van der Waals surface area contributed by atoms with Gasteiger partial charge in [-0.05, 0) is 19.8 Å². The number of urea groups is 1. The van der Waals surface area contributed by atoms with Crippen LogP contribution in [0.15, 0.2) is 0 Å². The van der Waals surface area contributed by atoms with Crippen molar-refractivity contribution < 1.29 is 14.3 Å². The Hall–Kier alpha value is -1.67. The molecule has 1 aliphatic heterocycles. The summed E-state index contributed by atoms with van der Waals surface area (Å²) in [6, 6.07) is -0.219. The van der Waals surface area contributed by atoms with Gasteiger partial charge in [0.05, 0.1) is 18.7 Å². The summed E-state index contributed by atoms with van der Waals surface area (Å²) in [5, 5.41) is 14.0. The van der Waals surface area contributed by atoms with Gasteiger partial charge in [-0.1, -0.05) is 0 Å². The molecule has 22 heavy (non-hydrogen) atoms. The van der Waals surface area contributed by atoms with Crippen molar-refractivity contribution in [2.45, 2.75) is 57.5 Å². The molecular formula is C14H23N5O3. The number of aryl methyl sites for hydroxylation is 1. The van der Waals surface area contributed by atoms with Gasteiger partial charge >= 0.3 is 6.03 Å². The number of ether oxygens (including phenoxy) is 2. The summed E-state index contributed by atoms with van der Waals surface area (Å²) < 4.78 is 13.0. The van der Waals surface area contributed by atoms with Crippen LogP contribution in [-0.2, 0) is 29.0 Å². The smallest absolute Gasteiger partial charge is 0.315 e. The van der Waals surface area contributed by atoms with E-state index in [2.05, 4.69) is 25.4 Å². The second-order valence-corrected chi connectivity index (χ2v) is 5.65. The molecule has 3 atom stereocenters. The number of amides is 2. The van der Waals surface area contributed by atoms with Gasteiger partial charge in [0, 0.05) is 26.7 Å². The molecule has 3 rings (SSSR count). The van der Waals surface area contributed by atoms with Crippen LogP contribution in [0.2, 0.25) is 0 Å². The van der Waals surface area contributed by atoms with Crippen LogP contribution >= 0.6 is 0 Å². The van der Waals surface area contributed by atoms with E-state index in [0.717, 1.165) is 37.5 Å². The minimum Gasteiger partial charge on any atom is -0.377 e. The molecule has 2 amide bonds. The first-order valence-electron chi connectivity index (χ1n) is 7.82. The van der Waals surface area contributed by atoms with E-state index in [9.17, 15) is 4.79 Å². The number of hydrogen-bond acceptors (Lipinski definition) is 5. The maximum atomic E-state index is 12.0. The third kappa shape index (κ3) is 2.93. The van der Waals surface area contributed by atoms with Crippen LogP contribution in [0.1, 0.15) is 31.4 Å². The zero-order valence-electron chi connectivity index (χ0n) is 13.0. The van der Waals surface area contributed by atoms with E-state index < -0.39 is 0 Å². The molecule has 0 saturated heterocycles. The third-order valence-electron chi connectivity index (χ3n) is 4.31. The Morgan fingerprint density at radius 2 is 2.32 bits per heavy atom. The van der Waals surface area contributed by atoms with Crippen molar-refractivity contribution in [2.24, 2.45) is 0 Å². The summed E-state index contributed by atoms with van der Waals surface area (Å²) in [4.78, 5) is 12.0. The molecule has 1 aliphatic carbocycles. The van der Waals surface area contributed by atoms with E-state index in [1.54, 1.807) is 7.11 Å². The summed E-state index contributed by atoms with van der Waals surface area (Å²) in [5.74, 6) is 1.82. The Labute approximate surface area is 129 Å². The second kappa shape index (κ2) is 6.62. The number of nitrogens with one attached hydrogen (secondary N) is 2. The van der Waals surface area contributed by atoms with Crippen LogP contribution in [0.25, 0.3) is 0 Å². The molecular weight excluding hydrogens is 286 g/mol. The fourth-order valence-electron chi connectivity index (χ4n) is 3.14. The van der Waals surface area contributed by atoms with Crippen LogP contribution in [0.4, 0.5) is 4.79 Å². The normalized spacial score (nSPS) is 26.4. The first kappa shape index (κ1) is 15.2. The van der Waals surface area contributed by atoms with Gasteiger partial charge in [0.15, 0.2) is 5.82 Å². The van der Waals surface area contributed by atoms with Crippen molar-refractivity contribution in [1.82, 2.24) is 25.4 Å². The molecule has 2 N–H and O–H groups in total. The Balaban J connectivity index is 1.45. The fourth-order valence-corrected chi connectivity index (χ4v) is 3.14. The molecule has 2 aliphatic rings. The second-order valence-electron chi connectivity index (χ2n) is 5.65. The van der Waals surface area contributed by atoms with Gasteiger partial charge in [-0.2, -0.15) is 0 Å². The maximum Gasteiger partial charge on any atom is 0.315 e. The Morgan fingerprint density at radius 3 is 3.09 bits per heavy atom. The lowest BCUT2D eigenvalue weighted by atomic mass is 9.85. The Kier molecular flexibility index (Phi) is 4.58.